The number of nitrogens with zero attached hydrogens (tertiary/aromatic N) is 2. The minimum absolute atomic E-state index is 0. The van der Waals surface area contributed by atoms with E-state index in [1.54, 1.807) is 16.9 Å². The Bertz CT molecular complexity index is 466. The Morgan fingerprint density at radius 1 is 1.50 bits per heavy atom. The van der Waals surface area contributed by atoms with Gasteiger partial charge in [-0.1, -0.05) is 0 Å². The summed E-state index contributed by atoms with van der Waals surface area (Å²) in [6.07, 6.45) is 1.78. The second-order valence-corrected chi connectivity index (χ2v) is 4.45. The lowest BCUT2D eigenvalue weighted by atomic mass is 10.4. The van der Waals surface area contributed by atoms with Crippen molar-refractivity contribution in [2.75, 3.05) is 5.32 Å². The van der Waals surface area contributed by atoms with Gasteiger partial charge in [0.05, 0.1) is 17.6 Å². The first-order chi connectivity index (χ1) is 7.16. The van der Waals surface area contributed by atoms with Crippen molar-refractivity contribution in [1.29, 1.82) is 0 Å². The molecular weight excluding hydrogens is 249 g/mol. The minimum Gasteiger partial charge on any atom is -0.377 e. The van der Waals surface area contributed by atoms with Gasteiger partial charge in [0.15, 0.2) is 5.13 Å². The highest BCUT2D eigenvalue weighted by atomic mass is 35.5. The average Bonchev–Trinajstić information content (AvgIpc) is 2.74. The van der Waals surface area contributed by atoms with Gasteiger partial charge >= 0.3 is 0 Å². The van der Waals surface area contributed by atoms with Crippen LogP contribution in [0, 0.1) is 12.1 Å². The third-order valence-electron chi connectivity index (χ3n) is 2.32. The van der Waals surface area contributed by atoms with Crippen molar-refractivity contribution in [3.63, 3.8) is 0 Å². The number of aryl methyl sites for hydroxylation is 1. The lowest BCUT2D eigenvalue weighted by molar-refractivity contribution is 0.657. The molecule has 0 bridgehead atoms. The van der Waals surface area contributed by atoms with Crippen LogP contribution in [0.3, 0.4) is 0 Å². The van der Waals surface area contributed by atoms with Crippen molar-refractivity contribution in [3.8, 4) is 0 Å². The first-order valence-electron chi connectivity index (χ1n) is 4.63. The summed E-state index contributed by atoms with van der Waals surface area (Å²) in [5, 5.41) is 7.20. The molecule has 0 aliphatic carbocycles. The van der Waals surface area contributed by atoms with Crippen LogP contribution in [-0.4, -0.2) is 9.78 Å². The highest BCUT2D eigenvalue weighted by Crippen LogP contribution is 2.18. The SMILES string of the molecule is Cc1c(NCc2ccc(F)s2)cnn1C.Cl. The summed E-state index contributed by atoms with van der Waals surface area (Å²) in [5.74, 6) is 0. The molecule has 0 amide bonds. The van der Waals surface area contributed by atoms with Crippen LogP contribution in [0.5, 0.6) is 0 Å². The highest BCUT2D eigenvalue weighted by Gasteiger charge is 2.04. The van der Waals surface area contributed by atoms with Crippen molar-refractivity contribution >= 4 is 29.4 Å². The van der Waals surface area contributed by atoms with Gasteiger partial charge in [-0.2, -0.15) is 9.49 Å². The maximum Gasteiger partial charge on any atom is 0.176 e. The third-order valence-corrected chi connectivity index (χ3v) is 3.19. The van der Waals surface area contributed by atoms with Crippen molar-refractivity contribution < 1.29 is 4.39 Å². The Kier molecular flexibility index (Phi) is 4.32. The van der Waals surface area contributed by atoms with Gasteiger partial charge in [-0.05, 0) is 19.1 Å². The maximum atomic E-state index is 12.7. The zero-order chi connectivity index (χ0) is 10.8. The maximum absolute atomic E-state index is 12.7. The largest absolute Gasteiger partial charge is 0.377 e. The van der Waals surface area contributed by atoms with E-state index in [1.165, 1.54) is 6.07 Å². The standard InChI is InChI=1S/C10H12FN3S.ClH/c1-7-9(6-13-14(7)2)12-5-8-3-4-10(11)15-8;/h3-4,6,12H,5H2,1-2H3;1H. The Hall–Kier alpha value is -1.07. The van der Waals surface area contributed by atoms with Crippen LogP contribution in [0.2, 0.25) is 0 Å². The molecule has 2 heterocycles. The molecule has 16 heavy (non-hydrogen) atoms. The van der Waals surface area contributed by atoms with Gasteiger partial charge in [0.2, 0.25) is 0 Å². The van der Waals surface area contributed by atoms with E-state index in [1.807, 2.05) is 14.0 Å². The number of rotatable bonds is 3. The molecule has 0 saturated heterocycles. The molecule has 0 spiro atoms. The van der Waals surface area contributed by atoms with Crippen molar-refractivity contribution in [2.45, 2.75) is 13.5 Å². The fraction of sp³-hybridized carbons (Fsp3) is 0.300. The van der Waals surface area contributed by atoms with Crippen LogP contribution >= 0.6 is 23.7 Å². The molecule has 0 aliphatic heterocycles. The van der Waals surface area contributed by atoms with Crippen LogP contribution in [0.4, 0.5) is 10.1 Å². The molecule has 0 saturated carbocycles. The van der Waals surface area contributed by atoms with Gasteiger partial charge in [-0.3, -0.25) is 4.68 Å². The molecule has 0 radical (unpaired) electrons. The van der Waals surface area contributed by atoms with E-state index >= 15 is 0 Å². The van der Waals surface area contributed by atoms with Gasteiger partial charge in [0.1, 0.15) is 0 Å². The van der Waals surface area contributed by atoms with Gasteiger partial charge < -0.3 is 5.32 Å². The molecule has 2 rings (SSSR count). The number of thiophene rings is 1. The van der Waals surface area contributed by atoms with E-state index in [2.05, 4.69) is 10.4 Å². The van der Waals surface area contributed by atoms with Crippen molar-refractivity contribution in [3.05, 3.63) is 34.0 Å². The smallest absolute Gasteiger partial charge is 0.176 e. The first-order valence-corrected chi connectivity index (χ1v) is 5.45. The summed E-state index contributed by atoms with van der Waals surface area (Å²) in [6.45, 7) is 2.63. The van der Waals surface area contributed by atoms with Gasteiger partial charge in [0, 0.05) is 18.5 Å². The number of hydrogen-bond acceptors (Lipinski definition) is 3. The molecular formula is C10H13ClFN3S. The fourth-order valence-corrected chi connectivity index (χ4v) is 1.97. The summed E-state index contributed by atoms with van der Waals surface area (Å²) in [7, 11) is 1.89. The van der Waals surface area contributed by atoms with E-state index in [0.717, 1.165) is 27.6 Å². The van der Waals surface area contributed by atoms with Crippen LogP contribution < -0.4 is 5.32 Å². The predicted molar refractivity (Wildman–Crippen MR) is 66.8 cm³/mol. The molecule has 0 aromatic carbocycles. The molecule has 0 fully saturated rings. The van der Waals surface area contributed by atoms with Gasteiger partial charge in [-0.25, -0.2) is 0 Å². The minimum atomic E-state index is -0.144. The Balaban J connectivity index is 0.00000128. The molecule has 0 unspecified atom stereocenters. The third kappa shape index (κ3) is 2.74. The summed E-state index contributed by atoms with van der Waals surface area (Å²) < 4.78 is 14.5. The normalized spacial score (nSPS) is 9.94. The van der Waals surface area contributed by atoms with Crippen LogP contribution in [0.25, 0.3) is 0 Å². The van der Waals surface area contributed by atoms with E-state index in [9.17, 15) is 4.39 Å². The van der Waals surface area contributed by atoms with Crippen molar-refractivity contribution in [2.24, 2.45) is 7.05 Å². The topological polar surface area (TPSA) is 29.9 Å². The van der Waals surface area contributed by atoms with E-state index in [4.69, 9.17) is 0 Å². The zero-order valence-electron chi connectivity index (χ0n) is 9.03. The van der Waals surface area contributed by atoms with Crippen LogP contribution in [0.1, 0.15) is 10.6 Å². The Labute approximate surface area is 104 Å². The molecule has 1 N–H and O–H groups in total. The molecule has 88 valence electrons. The molecule has 2 aromatic heterocycles. The van der Waals surface area contributed by atoms with E-state index in [0.29, 0.717) is 6.54 Å². The lowest BCUT2D eigenvalue weighted by Crippen LogP contribution is -1.99. The summed E-state index contributed by atoms with van der Waals surface area (Å²) >= 11 is 1.16. The number of hydrogen-bond donors (Lipinski definition) is 1. The summed E-state index contributed by atoms with van der Waals surface area (Å²) in [4.78, 5) is 0.982. The van der Waals surface area contributed by atoms with Gasteiger partial charge in [0.25, 0.3) is 0 Å². The summed E-state index contributed by atoms with van der Waals surface area (Å²) in [6, 6.07) is 3.27. The molecule has 6 heteroatoms. The van der Waals surface area contributed by atoms with E-state index < -0.39 is 0 Å². The molecule has 3 nitrogen and oxygen atoms in total. The van der Waals surface area contributed by atoms with Gasteiger partial charge in [-0.15, -0.1) is 23.7 Å². The fourth-order valence-electron chi connectivity index (χ4n) is 1.30. The zero-order valence-corrected chi connectivity index (χ0v) is 10.7. The lowest BCUT2D eigenvalue weighted by Gasteiger charge is -2.03. The number of aromatic nitrogens is 2. The number of anilines is 1. The molecule has 2 aromatic rings. The quantitative estimate of drug-likeness (QED) is 0.921. The number of nitrogens with one attached hydrogen (secondary N) is 1. The van der Waals surface area contributed by atoms with Crippen molar-refractivity contribution in [1.82, 2.24) is 9.78 Å². The van der Waals surface area contributed by atoms with Crippen LogP contribution in [-0.2, 0) is 13.6 Å². The monoisotopic (exact) mass is 261 g/mol. The average molecular weight is 262 g/mol. The Morgan fingerprint density at radius 3 is 2.75 bits per heavy atom. The second kappa shape index (κ2) is 5.32. The molecule has 0 aliphatic rings. The molecule has 0 atom stereocenters. The first kappa shape index (κ1) is 13.0. The Morgan fingerprint density at radius 2 is 2.25 bits per heavy atom. The van der Waals surface area contributed by atoms with E-state index in [-0.39, 0.29) is 17.5 Å². The second-order valence-electron chi connectivity index (χ2n) is 3.33. The summed E-state index contributed by atoms with van der Waals surface area (Å²) in [5.41, 5.74) is 2.07. The predicted octanol–water partition coefficient (Wildman–Crippen LogP) is 2.96. The number of halogens is 2. The highest BCUT2D eigenvalue weighted by molar-refractivity contribution is 7.10. The van der Waals surface area contributed by atoms with Crippen LogP contribution in [0.15, 0.2) is 18.3 Å².